The molecule has 3 aromatic carbocycles. The highest BCUT2D eigenvalue weighted by Gasteiger charge is 2.06. The lowest BCUT2D eigenvalue weighted by atomic mass is 10.1. The monoisotopic (exact) mass is 333 g/mol. The Morgan fingerprint density at radius 2 is 1.67 bits per heavy atom. The van der Waals surface area contributed by atoms with Gasteiger partial charge in [-0.25, -0.2) is 0 Å². The molecular weight excluding hydrogens is 314 g/mol. The summed E-state index contributed by atoms with van der Waals surface area (Å²) in [6.45, 7) is 2.01. The summed E-state index contributed by atoms with van der Waals surface area (Å²) in [5, 5.41) is 2.93. The van der Waals surface area contributed by atoms with Crippen LogP contribution in [0.4, 0.5) is 5.69 Å². The van der Waals surface area contributed by atoms with Gasteiger partial charge in [0.25, 0.3) is 5.91 Å². The van der Waals surface area contributed by atoms with Crippen LogP contribution in [0.15, 0.2) is 83.8 Å². The van der Waals surface area contributed by atoms with Crippen molar-refractivity contribution in [2.75, 3.05) is 5.32 Å². The van der Waals surface area contributed by atoms with Crippen LogP contribution in [0.3, 0.4) is 0 Å². The lowest BCUT2D eigenvalue weighted by molar-refractivity contribution is 0.102. The molecule has 2 nitrogen and oxygen atoms in total. The summed E-state index contributed by atoms with van der Waals surface area (Å²) in [6, 6.07) is 25.9. The molecule has 0 saturated carbocycles. The second-order valence-electron chi connectivity index (χ2n) is 5.62. The van der Waals surface area contributed by atoms with E-state index in [-0.39, 0.29) is 5.91 Å². The van der Waals surface area contributed by atoms with Gasteiger partial charge in [-0.15, -0.1) is 11.8 Å². The number of nitrogens with one attached hydrogen (secondary N) is 1. The molecule has 3 heteroatoms. The Balaban J connectivity index is 1.60. The molecule has 0 bridgehead atoms. The molecule has 1 amide bonds. The van der Waals surface area contributed by atoms with E-state index in [0.717, 1.165) is 17.0 Å². The Labute approximate surface area is 146 Å². The molecule has 0 spiro atoms. The van der Waals surface area contributed by atoms with E-state index < -0.39 is 0 Å². The molecule has 0 heterocycles. The molecule has 0 unspecified atom stereocenters. The minimum atomic E-state index is -0.0807. The van der Waals surface area contributed by atoms with Crippen LogP contribution in [0.1, 0.15) is 21.5 Å². The quantitative estimate of drug-likeness (QED) is 0.621. The molecule has 3 rings (SSSR count). The van der Waals surface area contributed by atoms with E-state index in [2.05, 4.69) is 17.4 Å². The largest absolute Gasteiger partial charge is 0.322 e. The maximum absolute atomic E-state index is 12.3. The van der Waals surface area contributed by atoms with Crippen LogP contribution in [0.25, 0.3) is 0 Å². The van der Waals surface area contributed by atoms with Gasteiger partial charge in [-0.1, -0.05) is 42.5 Å². The van der Waals surface area contributed by atoms with Gasteiger partial charge in [0.1, 0.15) is 0 Å². The second kappa shape index (κ2) is 7.84. The first-order chi connectivity index (χ1) is 11.7. The number of hydrogen-bond donors (Lipinski definition) is 1. The summed E-state index contributed by atoms with van der Waals surface area (Å²) in [5.74, 6) is 0.812. The summed E-state index contributed by atoms with van der Waals surface area (Å²) in [5.41, 5.74) is 3.82. The van der Waals surface area contributed by atoms with Crippen LogP contribution in [-0.4, -0.2) is 5.91 Å². The zero-order valence-electron chi connectivity index (χ0n) is 13.5. The van der Waals surface area contributed by atoms with Gasteiger partial charge in [0.15, 0.2) is 0 Å². The minimum Gasteiger partial charge on any atom is -0.322 e. The van der Waals surface area contributed by atoms with Gasteiger partial charge in [-0.05, 0) is 54.4 Å². The Morgan fingerprint density at radius 3 is 2.38 bits per heavy atom. The molecule has 24 heavy (non-hydrogen) atoms. The van der Waals surface area contributed by atoms with Gasteiger partial charge < -0.3 is 5.32 Å². The molecule has 1 N–H and O–H groups in total. The lowest BCUT2D eigenvalue weighted by Crippen LogP contribution is -2.11. The molecule has 0 aromatic heterocycles. The number of carbonyl (C=O) groups is 1. The van der Waals surface area contributed by atoms with Crippen molar-refractivity contribution in [1.29, 1.82) is 0 Å². The van der Waals surface area contributed by atoms with Gasteiger partial charge in [-0.2, -0.15) is 0 Å². The van der Waals surface area contributed by atoms with Crippen LogP contribution in [0.2, 0.25) is 0 Å². The Hall–Kier alpha value is -2.52. The third kappa shape index (κ3) is 4.49. The Morgan fingerprint density at radius 1 is 0.917 bits per heavy atom. The van der Waals surface area contributed by atoms with Crippen molar-refractivity contribution in [1.82, 2.24) is 0 Å². The normalized spacial score (nSPS) is 10.4. The van der Waals surface area contributed by atoms with Gasteiger partial charge in [0, 0.05) is 21.9 Å². The van der Waals surface area contributed by atoms with Crippen LogP contribution < -0.4 is 5.32 Å². The fourth-order valence-corrected chi connectivity index (χ4v) is 3.24. The van der Waals surface area contributed by atoms with Crippen molar-refractivity contribution in [3.63, 3.8) is 0 Å². The highest BCUT2D eigenvalue weighted by atomic mass is 32.2. The first-order valence-electron chi connectivity index (χ1n) is 7.85. The summed E-state index contributed by atoms with van der Waals surface area (Å²) >= 11 is 1.79. The van der Waals surface area contributed by atoms with Crippen LogP contribution in [-0.2, 0) is 5.75 Å². The molecule has 0 atom stereocenters. The number of anilines is 1. The molecule has 0 fully saturated rings. The van der Waals surface area contributed by atoms with E-state index >= 15 is 0 Å². The van der Waals surface area contributed by atoms with Crippen molar-refractivity contribution in [2.45, 2.75) is 17.6 Å². The van der Waals surface area contributed by atoms with Gasteiger partial charge in [0.05, 0.1) is 0 Å². The van der Waals surface area contributed by atoms with Gasteiger partial charge >= 0.3 is 0 Å². The Kier molecular flexibility index (Phi) is 5.34. The fourth-order valence-electron chi connectivity index (χ4n) is 2.36. The van der Waals surface area contributed by atoms with E-state index in [1.54, 1.807) is 11.8 Å². The highest BCUT2D eigenvalue weighted by molar-refractivity contribution is 7.98. The average Bonchev–Trinajstić information content (AvgIpc) is 2.61. The highest BCUT2D eigenvalue weighted by Crippen LogP contribution is 2.22. The molecule has 0 aliphatic heterocycles. The van der Waals surface area contributed by atoms with E-state index in [1.165, 1.54) is 10.5 Å². The van der Waals surface area contributed by atoms with Crippen molar-refractivity contribution in [3.05, 3.63) is 95.6 Å². The number of hydrogen-bond acceptors (Lipinski definition) is 2. The number of thioether (sulfide) groups is 1. The standard InChI is InChI=1S/C21H19NOS/c1-16-6-5-7-19(14-16)22-21(23)18-12-10-17(11-13-18)15-24-20-8-3-2-4-9-20/h2-14H,15H2,1H3,(H,22,23). The first kappa shape index (κ1) is 16.3. The second-order valence-corrected chi connectivity index (χ2v) is 6.67. The zero-order chi connectivity index (χ0) is 16.8. The molecule has 0 aliphatic carbocycles. The molecule has 3 aromatic rings. The van der Waals surface area contributed by atoms with Crippen LogP contribution in [0, 0.1) is 6.92 Å². The number of carbonyl (C=O) groups excluding carboxylic acids is 1. The molecule has 0 aliphatic rings. The summed E-state index contributed by atoms with van der Waals surface area (Å²) < 4.78 is 0. The third-order valence-corrected chi connectivity index (χ3v) is 4.72. The Bertz CT molecular complexity index is 813. The van der Waals surface area contributed by atoms with Crippen molar-refractivity contribution in [3.8, 4) is 0 Å². The average molecular weight is 333 g/mol. The summed E-state index contributed by atoms with van der Waals surface area (Å²) in [6.07, 6.45) is 0. The van der Waals surface area contributed by atoms with Crippen molar-refractivity contribution < 1.29 is 4.79 Å². The molecular formula is C21H19NOS. The number of amides is 1. The minimum absolute atomic E-state index is 0.0807. The number of aryl methyl sites for hydroxylation is 1. The first-order valence-corrected chi connectivity index (χ1v) is 8.84. The maximum atomic E-state index is 12.3. The maximum Gasteiger partial charge on any atom is 0.255 e. The van der Waals surface area contributed by atoms with E-state index in [4.69, 9.17) is 0 Å². The van der Waals surface area contributed by atoms with E-state index in [1.807, 2.05) is 73.7 Å². The zero-order valence-corrected chi connectivity index (χ0v) is 14.3. The summed E-state index contributed by atoms with van der Waals surface area (Å²) in [7, 11) is 0. The third-order valence-electron chi connectivity index (χ3n) is 3.64. The van der Waals surface area contributed by atoms with E-state index in [9.17, 15) is 4.79 Å². The van der Waals surface area contributed by atoms with Crippen LogP contribution >= 0.6 is 11.8 Å². The smallest absolute Gasteiger partial charge is 0.255 e. The predicted octanol–water partition coefficient (Wildman–Crippen LogP) is 5.54. The fraction of sp³-hybridized carbons (Fsp3) is 0.0952. The lowest BCUT2D eigenvalue weighted by Gasteiger charge is -2.07. The topological polar surface area (TPSA) is 29.1 Å². The number of benzene rings is 3. The van der Waals surface area contributed by atoms with Crippen LogP contribution in [0.5, 0.6) is 0 Å². The van der Waals surface area contributed by atoms with Crippen molar-refractivity contribution >= 4 is 23.4 Å². The molecule has 0 saturated heterocycles. The summed E-state index contributed by atoms with van der Waals surface area (Å²) in [4.78, 5) is 13.5. The van der Waals surface area contributed by atoms with Gasteiger partial charge in [0.2, 0.25) is 0 Å². The van der Waals surface area contributed by atoms with Crippen molar-refractivity contribution in [2.24, 2.45) is 0 Å². The number of rotatable bonds is 5. The van der Waals surface area contributed by atoms with Gasteiger partial charge in [-0.3, -0.25) is 4.79 Å². The predicted molar refractivity (Wildman–Crippen MR) is 102 cm³/mol. The molecule has 0 radical (unpaired) electrons. The molecule has 120 valence electrons. The SMILES string of the molecule is Cc1cccc(NC(=O)c2ccc(CSc3ccccc3)cc2)c1. The van der Waals surface area contributed by atoms with E-state index in [0.29, 0.717) is 5.56 Å².